The molecule has 0 spiro atoms. The number of nitrogens with one attached hydrogen (secondary N) is 2. The highest BCUT2D eigenvalue weighted by molar-refractivity contribution is 7.21. The summed E-state index contributed by atoms with van der Waals surface area (Å²) in [5, 5.41) is 18.6. The molecule has 0 amide bonds. The predicted molar refractivity (Wildman–Crippen MR) is 180 cm³/mol. The maximum atomic E-state index is 13.9. The number of carbonyl (C=O) groups is 1. The van der Waals surface area contributed by atoms with Crippen LogP contribution in [0.4, 0.5) is 0 Å². The third-order valence-corrected chi connectivity index (χ3v) is 9.98. The lowest BCUT2D eigenvalue weighted by atomic mass is 9.73. The standard InChI is InChI=1S/C37H44N2O3S/c1-5-39-31-10-8-9-25(15-19-31)27-16-20-34(42-24(2)3)29(21-27)22-28(26-13-17-30(38-4)18-14-26)23-33(40)37-36(41)32-11-6-7-12-35(32)43-37/h6-9,11-12,15-16,19-21,26,28,30,38-39,41H,2,5,10,13-14,17-18,22-23H2,1,3-4H3. The van der Waals surface area contributed by atoms with Crippen molar-refractivity contribution in [3.05, 3.63) is 101 Å². The first-order valence-electron chi connectivity index (χ1n) is 15.5. The van der Waals surface area contributed by atoms with E-state index in [-0.39, 0.29) is 17.5 Å². The number of ether oxygens (including phenoxy) is 1. The van der Waals surface area contributed by atoms with Crippen molar-refractivity contribution < 1.29 is 14.6 Å². The molecule has 1 fully saturated rings. The molecule has 226 valence electrons. The van der Waals surface area contributed by atoms with E-state index < -0.39 is 0 Å². The summed E-state index contributed by atoms with van der Waals surface area (Å²) in [6.07, 6.45) is 15.1. The Labute approximate surface area is 260 Å². The molecule has 1 unspecified atom stereocenters. The number of hydrogen-bond acceptors (Lipinski definition) is 6. The second kappa shape index (κ2) is 14.2. The summed E-state index contributed by atoms with van der Waals surface area (Å²) in [7, 11) is 2.04. The lowest BCUT2D eigenvalue weighted by Gasteiger charge is -2.34. The highest BCUT2D eigenvalue weighted by Crippen LogP contribution is 2.41. The first-order valence-corrected chi connectivity index (χ1v) is 16.4. The van der Waals surface area contributed by atoms with E-state index in [2.05, 4.69) is 60.6 Å². The van der Waals surface area contributed by atoms with Crippen LogP contribution in [0.1, 0.15) is 73.2 Å². The second-order valence-corrected chi connectivity index (χ2v) is 12.9. The number of fused-ring (bicyclic) bond motifs is 1. The molecule has 0 aliphatic heterocycles. The fourth-order valence-electron chi connectivity index (χ4n) is 6.50. The Bertz CT molecular complexity index is 1560. The van der Waals surface area contributed by atoms with Gasteiger partial charge in [-0.2, -0.15) is 0 Å². The topological polar surface area (TPSA) is 70.6 Å². The summed E-state index contributed by atoms with van der Waals surface area (Å²) < 4.78 is 7.09. The predicted octanol–water partition coefficient (Wildman–Crippen LogP) is 8.57. The Balaban J connectivity index is 1.48. The molecule has 2 aliphatic carbocycles. The van der Waals surface area contributed by atoms with Crippen LogP contribution in [-0.2, 0) is 6.42 Å². The highest BCUT2D eigenvalue weighted by atomic mass is 32.1. The van der Waals surface area contributed by atoms with Crippen LogP contribution in [0, 0.1) is 11.8 Å². The van der Waals surface area contributed by atoms with Crippen LogP contribution in [-0.4, -0.2) is 30.5 Å². The molecule has 1 aromatic heterocycles. The molecule has 1 saturated carbocycles. The Kier molecular flexibility index (Phi) is 10.2. The molecule has 6 heteroatoms. The van der Waals surface area contributed by atoms with E-state index in [0.29, 0.717) is 29.0 Å². The van der Waals surface area contributed by atoms with Gasteiger partial charge < -0.3 is 20.5 Å². The normalized spacial score (nSPS) is 19.3. The van der Waals surface area contributed by atoms with E-state index in [1.54, 1.807) is 0 Å². The van der Waals surface area contributed by atoms with E-state index >= 15 is 0 Å². The van der Waals surface area contributed by atoms with E-state index in [4.69, 9.17) is 4.74 Å². The number of ketones is 1. The minimum atomic E-state index is 0.0217. The molecule has 1 atom stereocenters. The van der Waals surface area contributed by atoms with Crippen molar-refractivity contribution in [1.29, 1.82) is 0 Å². The SMILES string of the molecule is C=C(C)Oc1ccc(C2=CC=C(NCC)CC=C2)cc1CC(CC(=O)c1sc2ccccc2c1O)C1CCC(NC)CC1. The van der Waals surface area contributed by atoms with Crippen LogP contribution in [0.2, 0.25) is 0 Å². The number of Topliss-reactive ketones (excluding diaryl/α,β-unsaturated/α-hetero) is 1. The van der Waals surface area contributed by atoms with Crippen LogP contribution in [0.15, 0.2) is 84.8 Å². The third kappa shape index (κ3) is 7.49. The fourth-order valence-corrected chi connectivity index (χ4v) is 7.55. The van der Waals surface area contributed by atoms with Gasteiger partial charge in [-0.15, -0.1) is 11.3 Å². The van der Waals surface area contributed by atoms with Gasteiger partial charge in [0.1, 0.15) is 16.4 Å². The second-order valence-electron chi connectivity index (χ2n) is 11.8. The third-order valence-electron chi connectivity index (χ3n) is 8.78. The van der Waals surface area contributed by atoms with Crippen LogP contribution in [0.25, 0.3) is 15.7 Å². The van der Waals surface area contributed by atoms with Crippen molar-refractivity contribution in [2.45, 2.75) is 64.8 Å². The lowest BCUT2D eigenvalue weighted by Crippen LogP contribution is -2.33. The van der Waals surface area contributed by atoms with Gasteiger partial charge in [0, 0.05) is 41.2 Å². The zero-order valence-electron chi connectivity index (χ0n) is 25.6. The summed E-state index contributed by atoms with van der Waals surface area (Å²) >= 11 is 1.40. The van der Waals surface area contributed by atoms with Crippen molar-refractivity contribution in [3.63, 3.8) is 0 Å². The number of carbonyl (C=O) groups excluding carboxylic acids is 1. The molecular weight excluding hydrogens is 552 g/mol. The smallest absolute Gasteiger partial charge is 0.176 e. The maximum Gasteiger partial charge on any atom is 0.176 e. The Morgan fingerprint density at radius 3 is 2.65 bits per heavy atom. The van der Waals surface area contributed by atoms with Crippen LogP contribution in [0.3, 0.4) is 0 Å². The molecule has 3 N–H and O–H groups in total. The maximum absolute atomic E-state index is 13.9. The number of rotatable bonds is 12. The molecule has 0 saturated heterocycles. The fraction of sp³-hybridized carbons (Fsp3) is 0.378. The highest BCUT2D eigenvalue weighted by Gasteiger charge is 2.31. The van der Waals surface area contributed by atoms with E-state index in [1.165, 1.54) is 17.0 Å². The minimum Gasteiger partial charge on any atom is -0.506 e. The quantitative estimate of drug-likeness (QED) is 0.144. The number of aromatic hydroxyl groups is 1. The van der Waals surface area contributed by atoms with Crippen molar-refractivity contribution in [2.24, 2.45) is 11.8 Å². The number of allylic oxidation sites excluding steroid dienone is 6. The molecule has 2 aromatic carbocycles. The summed E-state index contributed by atoms with van der Waals surface area (Å²) in [5.41, 5.74) is 4.56. The van der Waals surface area contributed by atoms with Crippen LogP contribution < -0.4 is 15.4 Å². The van der Waals surface area contributed by atoms with E-state index in [9.17, 15) is 9.90 Å². The molecular formula is C37H44N2O3S. The van der Waals surface area contributed by atoms with E-state index in [0.717, 1.165) is 77.6 Å². The molecule has 1 heterocycles. The number of thiophene rings is 1. The molecule has 43 heavy (non-hydrogen) atoms. The van der Waals surface area contributed by atoms with Gasteiger partial charge in [0.15, 0.2) is 5.78 Å². The molecule has 0 bridgehead atoms. The summed E-state index contributed by atoms with van der Waals surface area (Å²) in [6, 6.07) is 14.6. The van der Waals surface area contributed by atoms with Crippen molar-refractivity contribution in [2.75, 3.05) is 13.6 Å². The average Bonchev–Trinajstić information content (AvgIpc) is 3.17. The Morgan fingerprint density at radius 1 is 1.14 bits per heavy atom. The van der Waals surface area contributed by atoms with Gasteiger partial charge in [0.05, 0.1) is 5.76 Å². The first kappa shape index (κ1) is 30.8. The van der Waals surface area contributed by atoms with Gasteiger partial charge in [-0.25, -0.2) is 0 Å². The number of benzene rings is 2. The molecule has 0 radical (unpaired) electrons. The molecule has 5 nitrogen and oxygen atoms in total. The minimum absolute atomic E-state index is 0.0217. The zero-order valence-corrected chi connectivity index (χ0v) is 26.4. The van der Waals surface area contributed by atoms with Crippen molar-refractivity contribution in [1.82, 2.24) is 10.6 Å². The van der Waals surface area contributed by atoms with Gasteiger partial charge in [0.2, 0.25) is 0 Å². The molecule has 5 rings (SSSR count). The van der Waals surface area contributed by atoms with E-state index in [1.807, 2.05) is 44.3 Å². The monoisotopic (exact) mass is 596 g/mol. The van der Waals surface area contributed by atoms with Gasteiger partial charge in [-0.3, -0.25) is 4.79 Å². The van der Waals surface area contributed by atoms with Gasteiger partial charge in [0.25, 0.3) is 0 Å². The number of hydrogen-bond donors (Lipinski definition) is 3. The van der Waals surface area contributed by atoms with Gasteiger partial charge in [-0.1, -0.05) is 43.0 Å². The van der Waals surface area contributed by atoms with Crippen LogP contribution >= 0.6 is 11.3 Å². The Hall–Kier alpha value is -3.61. The first-order chi connectivity index (χ1) is 20.9. The van der Waals surface area contributed by atoms with Crippen molar-refractivity contribution in [3.8, 4) is 11.5 Å². The summed E-state index contributed by atoms with van der Waals surface area (Å²) in [6.45, 7) is 8.88. The van der Waals surface area contributed by atoms with Crippen molar-refractivity contribution >= 4 is 32.8 Å². The van der Waals surface area contributed by atoms with Gasteiger partial charge >= 0.3 is 0 Å². The average molecular weight is 597 g/mol. The molecule has 2 aliphatic rings. The summed E-state index contributed by atoms with van der Waals surface area (Å²) in [4.78, 5) is 14.3. The zero-order chi connectivity index (χ0) is 30.3. The largest absolute Gasteiger partial charge is 0.506 e. The lowest BCUT2D eigenvalue weighted by molar-refractivity contribution is 0.0928. The van der Waals surface area contributed by atoms with Gasteiger partial charge in [-0.05, 0) is 112 Å². The van der Waals surface area contributed by atoms with Crippen LogP contribution in [0.5, 0.6) is 11.5 Å². The summed E-state index contributed by atoms with van der Waals surface area (Å²) in [5.74, 6) is 2.11. The Morgan fingerprint density at radius 2 is 1.93 bits per heavy atom. The molecule has 3 aromatic rings.